The lowest BCUT2D eigenvalue weighted by Crippen LogP contribution is -2.40. The third kappa shape index (κ3) is 3.47. The van der Waals surface area contributed by atoms with Crippen molar-refractivity contribution in [1.29, 1.82) is 0 Å². The van der Waals surface area contributed by atoms with Crippen LogP contribution in [-0.2, 0) is 11.3 Å². The van der Waals surface area contributed by atoms with E-state index in [2.05, 4.69) is 5.43 Å². The molecular formula is C13H15F3N2O. The van der Waals surface area contributed by atoms with Crippen LogP contribution < -0.4 is 5.43 Å². The van der Waals surface area contributed by atoms with E-state index in [0.717, 1.165) is 18.9 Å². The molecule has 1 saturated carbocycles. The van der Waals surface area contributed by atoms with Gasteiger partial charge in [0, 0.05) is 30.6 Å². The molecule has 0 bridgehead atoms. The first-order valence-corrected chi connectivity index (χ1v) is 6.06. The van der Waals surface area contributed by atoms with Gasteiger partial charge in [-0.3, -0.25) is 9.80 Å². The molecule has 0 atom stereocenters. The molecule has 1 aromatic carbocycles. The number of halogens is 3. The highest BCUT2D eigenvalue weighted by molar-refractivity contribution is 5.80. The molecule has 3 nitrogen and oxygen atoms in total. The van der Waals surface area contributed by atoms with E-state index in [0.29, 0.717) is 0 Å². The van der Waals surface area contributed by atoms with Gasteiger partial charge in [-0.25, -0.2) is 18.6 Å². The maximum Gasteiger partial charge on any atom is 0.263 e. The summed E-state index contributed by atoms with van der Waals surface area (Å²) < 4.78 is 38.3. The van der Waals surface area contributed by atoms with Crippen LogP contribution in [0, 0.1) is 11.7 Å². The van der Waals surface area contributed by atoms with Crippen molar-refractivity contribution in [2.75, 3.05) is 7.05 Å². The average molecular weight is 272 g/mol. The topological polar surface area (TPSA) is 32.3 Å². The van der Waals surface area contributed by atoms with Crippen LogP contribution in [0.25, 0.3) is 0 Å². The summed E-state index contributed by atoms with van der Waals surface area (Å²) in [5, 5.41) is 1.33. The molecule has 19 heavy (non-hydrogen) atoms. The van der Waals surface area contributed by atoms with Crippen LogP contribution in [0.5, 0.6) is 0 Å². The van der Waals surface area contributed by atoms with Crippen molar-refractivity contribution < 1.29 is 18.0 Å². The first-order valence-electron chi connectivity index (χ1n) is 6.06. The quantitative estimate of drug-likeness (QED) is 0.836. The maximum atomic E-state index is 13.6. The van der Waals surface area contributed by atoms with Crippen molar-refractivity contribution in [2.45, 2.75) is 25.8 Å². The fraction of sp³-hybridized carbons (Fsp3) is 0.462. The fourth-order valence-electron chi connectivity index (χ4n) is 1.73. The fourth-order valence-corrected chi connectivity index (χ4v) is 1.73. The molecule has 1 fully saturated rings. The van der Waals surface area contributed by atoms with Crippen LogP contribution in [0.1, 0.15) is 30.4 Å². The predicted octanol–water partition coefficient (Wildman–Crippen LogP) is 2.64. The Balaban J connectivity index is 1.93. The van der Waals surface area contributed by atoms with E-state index in [1.54, 1.807) is 7.05 Å². The molecule has 1 N–H and O–H groups in total. The van der Waals surface area contributed by atoms with Crippen LogP contribution >= 0.6 is 0 Å². The van der Waals surface area contributed by atoms with Gasteiger partial charge in [0.2, 0.25) is 5.91 Å². The van der Waals surface area contributed by atoms with Crippen LogP contribution in [0.15, 0.2) is 18.2 Å². The second-order valence-corrected chi connectivity index (χ2v) is 4.66. The molecular weight excluding hydrogens is 257 g/mol. The molecule has 0 saturated heterocycles. The molecule has 0 spiro atoms. The Morgan fingerprint density at radius 2 is 2.16 bits per heavy atom. The van der Waals surface area contributed by atoms with E-state index in [1.807, 2.05) is 0 Å². The van der Waals surface area contributed by atoms with Gasteiger partial charge >= 0.3 is 0 Å². The number of benzene rings is 1. The van der Waals surface area contributed by atoms with E-state index in [1.165, 1.54) is 17.1 Å². The number of carbonyl (C=O) groups is 1. The lowest BCUT2D eigenvalue weighted by Gasteiger charge is -2.18. The van der Waals surface area contributed by atoms with Gasteiger partial charge in [-0.2, -0.15) is 0 Å². The van der Waals surface area contributed by atoms with Gasteiger partial charge in [0.05, 0.1) is 0 Å². The number of hydrogen-bond donors (Lipinski definition) is 1. The van der Waals surface area contributed by atoms with Crippen molar-refractivity contribution in [3.8, 4) is 0 Å². The van der Waals surface area contributed by atoms with Crippen LogP contribution in [0.4, 0.5) is 13.2 Å². The van der Waals surface area contributed by atoms with Crippen molar-refractivity contribution in [2.24, 2.45) is 5.92 Å². The molecule has 1 aromatic rings. The van der Waals surface area contributed by atoms with Gasteiger partial charge < -0.3 is 0 Å². The average Bonchev–Trinajstić information content (AvgIpc) is 3.20. The van der Waals surface area contributed by atoms with Gasteiger partial charge in [-0.05, 0) is 18.9 Å². The molecule has 2 rings (SSSR count). The molecule has 1 aliphatic carbocycles. The highest BCUT2D eigenvalue weighted by Crippen LogP contribution is 2.30. The Labute approximate surface area is 109 Å². The number of alkyl halides is 2. The highest BCUT2D eigenvalue weighted by atomic mass is 19.3. The summed E-state index contributed by atoms with van der Waals surface area (Å²) in [4.78, 5) is 11.6. The third-order valence-electron chi connectivity index (χ3n) is 3.09. The predicted molar refractivity (Wildman–Crippen MR) is 63.7 cm³/mol. The molecule has 104 valence electrons. The largest absolute Gasteiger partial charge is 0.281 e. The minimum atomic E-state index is -2.68. The molecule has 0 unspecified atom stereocenters. The van der Waals surface area contributed by atoms with E-state index in [9.17, 15) is 18.0 Å². The zero-order valence-corrected chi connectivity index (χ0v) is 10.5. The number of rotatable bonds is 5. The first kappa shape index (κ1) is 13.9. The molecule has 0 radical (unpaired) electrons. The number of nitrogens with one attached hydrogen (secondary N) is 1. The molecule has 6 heteroatoms. The number of amides is 1. The zero-order valence-electron chi connectivity index (χ0n) is 10.5. The van der Waals surface area contributed by atoms with Crippen molar-refractivity contribution in [3.05, 3.63) is 35.1 Å². The minimum absolute atomic E-state index is 0.0235. The third-order valence-corrected chi connectivity index (χ3v) is 3.09. The van der Waals surface area contributed by atoms with Gasteiger partial charge in [-0.1, -0.05) is 12.1 Å². The minimum Gasteiger partial charge on any atom is -0.281 e. The Kier molecular flexibility index (Phi) is 4.09. The van der Waals surface area contributed by atoms with Crippen molar-refractivity contribution >= 4 is 5.91 Å². The summed E-state index contributed by atoms with van der Waals surface area (Å²) in [7, 11) is 1.58. The number of hydrogen-bond acceptors (Lipinski definition) is 2. The lowest BCUT2D eigenvalue weighted by atomic mass is 10.1. The van der Waals surface area contributed by atoms with E-state index in [-0.39, 0.29) is 29.5 Å². The smallest absolute Gasteiger partial charge is 0.263 e. The number of carbonyl (C=O) groups excluding carboxylic acids is 1. The maximum absolute atomic E-state index is 13.6. The van der Waals surface area contributed by atoms with Gasteiger partial charge in [-0.15, -0.1) is 0 Å². The van der Waals surface area contributed by atoms with Gasteiger partial charge in [0.25, 0.3) is 6.43 Å². The number of nitrogens with zero attached hydrogens (tertiary/aromatic N) is 1. The standard InChI is InChI=1S/C13H15F3N2O/c1-18(13(19)8-2-3-8)17-7-10-5-4-9(12(15)16)6-11(10)14/h4-6,8,12,17H,2-3,7H2,1H3. The summed E-state index contributed by atoms with van der Waals surface area (Å²) in [5.41, 5.74) is 2.67. The second-order valence-electron chi connectivity index (χ2n) is 4.66. The van der Waals surface area contributed by atoms with Crippen molar-refractivity contribution in [1.82, 2.24) is 10.4 Å². The summed E-state index contributed by atoms with van der Waals surface area (Å²) in [6.07, 6.45) is -0.902. The summed E-state index contributed by atoms with van der Waals surface area (Å²) >= 11 is 0. The Morgan fingerprint density at radius 3 is 2.68 bits per heavy atom. The van der Waals surface area contributed by atoms with Crippen molar-refractivity contribution in [3.63, 3.8) is 0 Å². The highest BCUT2D eigenvalue weighted by Gasteiger charge is 2.32. The molecule has 0 aliphatic heterocycles. The van der Waals surface area contributed by atoms with E-state index < -0.39 is 12.2 Å². The van der Waals surface area contributed by atoms with Crippen LogP contribution in [0.3, 0.4) is 0 Å². The Hall–Kier alpha value is -1.56. The molecule has 1 aliphatic rings. The monoisotopic (exact) mass is 272 g/mol. The second kappa shape index (κ2) is 5.61. The van der Waals surface area contributed by atoms with E-state index in [4.69, 9.17) is 0 Å². The van der Waals surface area contributed by atoms with Gasteiger partial charge in [0.15, 0.2) is 0 Å². The van der Waals surface area contributed by atoms with E-state index >= 15 is 0 Å². The lowest BCUT2D eigenvalue weighted by molar-refractivity contribution is -0.134. The van der Waals surface area contributed by atoms with Crippen LogP contribution in [-0.4, -0.2) is 18.0 Å². The normalized spacial score (nSPS) is 14.8. The molecule has 1 amide bonds. The first-order chi connectivity index (χ1) is 8.99. The van der Waals surface area contributed by atoms with Gasteiger partial charge in [0.1, 0.15) is 5.82 Å². The summed E-state index contributed by atoms with van der Waals surface area (Å²) in [6.45, 7) is 0.0876. The Morgan fingerprint density at radius 1 is 1.47 bits per heavy atom. The SMILES string of the molecule is CN(NCc1ccc(C(F)F)cc1F)C(=O)C1CC1. The number of hydrazine groups is 1. The summed E-state index contributed by atoms with van der Waals surface area (Å²) in [6, 6.07) is 3.32. The zero-order chi connectivity index (χ0) is 14.0. The summed E-state index contributed by atoms with van der Waals surface area (Å²) in [5.74, 6) is -0.647. The molecule has 0 heterocycles. The molecule has 0 aromatic heterocycles. The Bertz CT molecular complexity index is 475. The van der Waals surface area contributed by atoms with Crippen LogP contribution in [0.2, 0.25) is 0 Å².